The van der Waals surface area contributed by atoms with Crippen molar-refractivity contribution in [1.82, 2.24) is 0 Å². The number of anilines is 2. The number of thioether (sulfide) groups is 1. The average molecular weight is 300 g/mol. The molecule has 2 aromatic carbocycles. The number of nitrogen functional groups attached to an aromatic ring is 1. The predicted octanol–water partition coefficient (Wildman–Crippen LogP) is 4.09. The summed E-state index contributed by atoms with van der Waals surface area (Å²) in [7, 11) is 0. The van der Waals surface area contributed by atoms with Crippen molar-refractivity contribution in [3.8, 4) is 0 Å². The fourth-order valence-electron chi connectivity index (χ4n) is 2.00. The number of nitrogens with two attached hydrogens (primary N) is 1. The molecule has 0 spiro atoms. The highest BCUT2D eigenvalue weighted by Gasteiger charge is 2.18. The first kappa shape index (κ1) is 15.4. The van der Waals surface area contributed by atoms with Crippen molar-refractivity contribution >= 4 is 29.0 Å². The second-order valence-corrected chi connectivity index (χ2v) is 6.17. The first-order valence-electron chi connectivity index (χ1n) is 6.99. The van der Waals surface area contributed by atoms with Crippen LogP contribution in [0.4, 0.5) is 11.4 Å². The van der Waals surface area contributed by atoms with E-state index in [1.165, 1.54) is 0 Å². The third-order valence-electron chi connectivity index (χ3n) is 3.20. The van der Waals surface area contributed by atoms with E-state index in [0.717, 1.165) is 22.6 Å². The summed E-state index contributed by atoms with van der Waals surface area (Å²) in [5.74, 6) is 0.0271. The fraction of sp³-hybridized carbons (Fsp3) is 0.235. The van der Waals surface area contributed by atoms with E-state index in [0.29, 0.717) is 5.69 Å². The molecule has 4 heteroatoms. The van der Waals surface area contributed by atoms with Gasteiger partial charge in [-0.25, -0.2) is 0 Å². The summed E-state index contributed by atoms with van der Waals surface area (Å²) in [5, 5.41) is 2.87. The highest BCUT2D eigenvalue weighted by molar-refractivity contribution is 8.00. The summed E-state index contributed by atoms with van der Waals surface area (Å²) in [6.45, 7) is 4.00. The lowest BCUT2D eigenvalue weighted by molar-refractivity contribution is -0.115. The number of hydrogen-bond donors (Lipinski definition) is 2. The summed E-state index contributed by atoms with van der Waals surface area (Å²) < 4.78 is 0. The second kappa shape index (κ2) is 7.18. The topological polar surface area (TPSA) is 55.1 Å². The number of amides is 1. The minimum absolute atomic E-state index is 0.0271. The van der Waals surface area contributed by atoms with Gasteiger partial charge in [0, 0.05) is 16.3 Å². The lowest BCUT2D eigenvalue weighted by Gasteiger charge is -2.16. The molecule has 0 aliphatic heterocycles. The Balaban J connectivity index is 2.07. The van der Waals surface area contributed by atoms with E-state index >= 15 is 0 Å². The van der Waals surface area contributed by atoms with Crippen molar-refractivity contribution < 1.29 is 4.79 Å². The van der Waals surface area contributed by atoms with Gasteiger partial charge in [-0.15, -0.1) is 11.8 Å². The molecule has 3 N–H and O–H groups in total. The molecule has 1 atom stereocenters. The van der Waals surface area contributed by atoms with Crippen LogP contribution in [0, 0.1) is 6.92 Å². The van der Waals surface area contributed by atoms with Crippen LogP contribution in [0.5, 0.6) is 0 Å². The van der Waals surface area contributed by atoms with E-state index in [1.54, 1.807) is 11.8 Å². The van der Waals surface area contributed by atoms with Crippen molar-refractivity contribution in [2.45, 2.75) is 30.4 Å². The quantitative estimate of drug-likeness (QED) is 0.646. The van der Waals surface area contributed by atoms with Crippen LogP contribution >= 0.6 is 11.8 Å². The Morgan fingerprint density at radius 3 is 2.67 bits per heavy atom. The van der Waals surface area contributed by atoms with E-state index in [2.05, 4.69) is 5.32 Å². The molecule has 0 heterocycles. The van der Waals surface area contributed by atoms with Gasteiger partial charge in [0.15, 0.2) is 0 Å². The Hall–Kier alpha value is -1.94. The molecule has 0 aliphatic carbocycles. The van der Waals surface area contributed by atoms with Gasteiger partial charge >= 0.3 is 0 Å². The number of nitrogens with one attached hydrogen (secondary N) is 1. The first-order valence-corrected chi connectivity index (χ1v) is 7.87. The molecule has 110 valence electrons. The van der Waals surface area contributed by atoms with E-state index in [4.69, 9.17) is 5.73 Å². The Kier molecular flexibility index (Phi) is 5.28. The van der Waals surface area contributed by atoms with Gasteiger partial charge < -0.3 is 11.1 Å². The lowest BCUT2D eigenvalue weighted by atomic mass is 10.2. The van der Waals surface area contributed by atoms with E-state index in [9.17, 15) is 4.79 Å². The van der Waals surface area contributed by atoms with Crippen LogP contribution in [0.2, 0.25) is 0 Å². The molecular weight excluding hydrogens is 280 g/mol. The zero-order valence-corrected chi connectivity index (χ0v) is 13.1. The van der Waals surface area contributed by atoms with Crippen LogP contribution in [-0.4, -0.2) is 11.2 Å². The van der Waals surface area contributed by atoms with Crippen molar-refractivity contribution in [3.63, 3.8) is 0 Å². The maximum absolute atomic E-state index is 12.4. The lowest BCUT2D eigenvalue weighted by Crippen LogP contribution is -2.24. The van der Waals surface area contributed by atoms with Crippen molar-refractivity contribution in [2.75, 3.05) is 11.1 Å². The zero-order valence-electron chi connectivity index (χ0n) is 12.3. The molecule has 2 rings (SSSR count). The van der Waals surface area contributed by atoms with E-state index < -0.39 is 0 Å². The van der Waals surface area contributed by atoms with Gasteiger partial charge in [0.2, 0.25) is 5.91 Å². The molecule has 0 radical (unpaired) electrons. The summed E-state index contributed by atoms with van der Waals surface area (Å²) in [6.07, 6.45) is 0.761. The predicted molar refractivity (Wildman–Crippen MR) is 90.6 cm³/mol. The maximum Gasteiger partial charge on any atom is 0.237 e. The normalized spacial score (nSPS) is 11.9. The monoisotopic (exact) mass is 300 g/mol. The molecule has 1 amide bonds. The van der Waals surface area contributed by atoms with Gasteiger partial charge in [0.1, 0.15) is 0 Å². The van der Waals surface area contributed by atoms with Crippen molar-refractivity contribution in [3.05, 3.63) is 54.1 Å². The molecule has 0 fully saturated rings. The number of para-hydroxylation sites is 1. The summed E-state index contributed by atoms with van der Waals surface area (Å²) in [5.41, 5.74) is 8.43. The van der Waals surface area contributed by atoms with Crippen LogP contribution in [-0.2, 0) is 4.79 Å². The van der Waals surface area contributed by atoms with Gasteiger partial charge in [0.05, 0.1) is 5.25 Å². The molecule has 2 aromatic rings. The van der Waals surface area contributed by atoms with Crippen molar-refractivity contribution in [2.24, 2.45) is 0 Å². The molecule has 0 saturated heterocycles. The third kappa shape index (κ3) is 4.26. The van der Waals surface area contributed by atoms with E-state index in [1.807, 2.05) is 62.4 Å². The van der Waals surface area contributed by atoms with Gasteiger partial charge in [-0.05, 0) is 43.2 Å². The molecule has 0 bridgehead atoms. The Labute approximate surface area is 129 Å². The molecule has 3 nitrogen and oxygen atoms in total. The van der Waals surface area contributed by atoms with Crippen LogP contribution in [0.3, 0.4) is 0 Å². The average Bonchev–Trinajstić information content (AvgIpc) is 2.47. The zero-order chi connectivity index (χ0) is 15.2. The van der Waals surface area contributed by atoms with Crippen molar-refractivity contribution in [1.29, 1.82) is 0 Å². The third-order valence-corrected chi connectivity index (χ3v) is 4.56. The molecular formula is C17H20N2OS. The Bertz CT molecular complexity index is 628. The number of benzene rings is 2. The molecule has 0 aliphatic rings. The summed E-state index contributed by atoms with van der Waals surface area (Å²) in [6, 6.07) is 15.4. The van der Waals surface area contributed by atoms with Crippen LogP contribution in [0.1, 0.15) is 18.9 Å². The molecule has 0 aromatic heterocycles. The number of carbonyl (C=O) groups excluding carboxylic acids is 1. The maximum atomic E-state index is 12.4. The highest BCUT2D eigenvalue weighted by atomic mass is 32.2. The molecule has 1 unspecified atom stereocenters. The van der Waals surface area contributed by atoms with Gasteiger partial charge in [-0.3, -0.25) is 4.79 Å². The SMILES string of the molecule is CCC(Sc1cccc(N)c1)C(=O)Nc1ccccc1C. The minimum Gasteiger partial charge on any atom is -0.399 e. The fourth-order valence-corrected chi connectivity index (χ4v) is 3.02. The summed E-state index contributed by atoms with van der Waals surface area (Å²) in [4.78, 5) is 13.4. The minimum atomic E-state index is -0.133. The molecule has 21 heavy (non-hydrogen) atoms. The molecule has 0 saturated carbocycles. The largest absolute Gasteiger partial charge is 0.399 e. The van der Waals surface area contributed by atoms with E-state index in [-0.39, 0.29) is 11.2 Å². The standard InChI is InChI=1S/C17H20N2OS/c1-3-16(21-14-9-6-8-13(18)11-14)17(20)19-15-10-5-4-7-12(15)2/h4-11,16H,3,18H2,1-2H3,(H,19,20). The van der Waals surface area contributed by atoms with Crippen LogP contribution in [0.15, 0.2) is 53.4 Å². The number of hydrogen-bond acceptors (Lipinski definition) is 3. The van der Waals surface area contributed by atoms with Gasteiger partial charge in [-0.2, -0.15) is 0 Å². The summed E-state index contributed by atoms with van der Waals surface area (Å²) >= 11 is 1.54. The number of carbonyl (C=O) groups is 1. The first-order chi connectivity index (χ1) is 10.1. The number of rotatable bonds is 5. The number of aryl methyl sites for hydroxylation is 1. The Morgan fingerprint density at radius 1 is 1.24 bits per heavy atom. The smallest absolute Gasteiger partial charge is 0.237 e. The highest BCUT2D eigenvalue weighted by Crippen LogP contribution is 2.28. The van der Waals surface area contributed by atoms with Gasteiger partial charge in [0.25, 0.3) is 0 Å². The second-order valence-electron chi connectivity index (χ2n) is 4.89. The van der Waals surface area contributed by atoms with Gasteiger partial charge in [-0.1, -0.05) is 31.2 Å². The van der Waals surface area contributed by atoms with Crippen LogP contribution < -0.4 is 11.1 Å². The van der Waals surface area contributed by atoms with Crippen LogP contribution in [0.25, 0.3) is 0 Å². The Morgan fingerprint density at radius 2 is 2.00 bits per heavy atom.